The minimum absolute atomic E-state index is 0.0365. The summed E-state index contributed by atoms with van der Waals surface area (Å²) < 4.78 is 21.2. The van der Waals surface area contributed by atoms with Crippen molar-refractivity contribution in [2.24, 2.45) is 5.92 Å². The number of rotatable bonds is 4. The van der Waals surface area contributed by atoms with Crippen LogP contribution in [-0.4, -0.2) is 35.4 Å². The van der Waals surface area contributed by atoms with E-state index in [1.165, 1.54) is 6.07 Å². The molecule has 1 heterocycles. The molecule has 1 fully saturated rings. The molecule has 3 N–H and O–H groups in total. The predicted molar refractivity (Wildman–Crippen MR) is 116 cm³/mol. The lowest BCUT2D eigenvalue weighted by molar-refractivity contribution is -0.0589. The summed E-state index contributed by atoms with van der Waals surface area (Å²) in [7, 11) is 0. The molecule has 0 aliphatic carbocycles. The molecule has 0 bridgehead atoms. The summed E-state index contributed by atoms with van der Waals surface area (Å²) in [6, 6.07) is 13.3. The van der Waals surface area contributed by atoms with Crippen LogP contribution >= 0.6 is 28.1 Å². The molecule has 0 radical (unpaired) electrons. The van der Waals surface area contributed by atoms with Crippen LogP contribution in [0.5, 0.6) is 0 Å². The minimum atomic E-state index is -1.14. The van der Waals surface area contributed by atoms with Crippen molar-refractivity contribution in [1.29, 1.82) is 0 Å². The van der Waals surface area contributed by atoms with Crippen molar-refractivity contribution in [1.82, 2.24) is 10.6 Å². The first-order valence-electron chi connectivity index (χ1n) is 9.23. The number of benzene rings is 2. The van der Waals surface area contributed by atoms with E-state index < -0.39 is 17.5 Å². The second kappa shape index (κ2) is 9.30. The number of ether oxygens (including phenoxy) is 1. The molecule has 1 saturated heterocycles. The number of nitrogens with one attached hydrogen (secondary N) is 2. The zero-order chi connectivity index (χ0) is 21.0. The standard InChI is InChI=1S/C21H22BrFN2O3S/c1-13(26)16-9-10-28-12-21(16,17-11-15(22)7-8-18(17)23)25-20(29)24-19(27)14-5-3-2-4-6-14/h2-8,11,13,16,26H,9-10,12H2,1H3,(H2,24,25,27,29). The van der Waals surface area contributed by atoms with Gasteiger partial charge in [-0.05, 0) is 55.9 Å². The summed E-state index contributed by atoms with van der Waals surface area (Å²) in [6.07, 6.45) is -0.247. The largest absolute Gasteiger partial charge is 0.393 e. The first-order chi connectivity index (χ1) is 13.8. The van der Waals surface area contributed by atoms with Gasteiger partial charge in [-0.1, -0.05) is 34.1 Å². The van der Waals surface area contributed by atoms with Crippen LogP contribution in [0.3, 0.4) is 0 Å². The smallest absolute Gasteiger partial charge is 0.257 e. The maximum atomic E-state index is 14.9. The molecule has 29 heavy (non-hydrogen) atoms. The number of carbonyl (C=O) groups is 1. The number of thiocarbonyl (C=S) groups is 1. The van der Waals surface area contributed by atoms with E-state index in [4.69, 9.17) is 17.0 Å². The molecule has 5 nitrogen and oxygen atoms in total. The third-order valence-electron chi connectivity index (χ3n) is 5.13. The molecule has 154 valence electrons. The second-order valence-electron chi connectivity index (χ2n) is 7.06. The van der Waals surface area contributed by atoms with Crippen LogP contribution in [0.2, 0.25) is 0 Å². The van der Waals surface area contributed by atoms with Gasteiger partial charge >= 0.3 is 0 Å². The zero-order valence-electron chi connectivity index (χ0n) is 15.8. The molecule has 3 atom stereocenters. The fraction of sp³-hybridized carbons (Fsp3) is 0.333. The van der Waals surface area contributed by atoms with Gasteiger partial charge in [0.05, 0.1) is 18.2 Å². The van der Waals surface area contributed by atoms with Crippen molar-refractivity contribution < 1.29 is 19.0 Å². The third-order valence-corrected chi connectivity index (χ3v) is 5.82. The van der Waals surface area contributed by atoms with Crippen molar-refractivity contribution in [3.8, 4) is 0 Å². The normalized spacial score (nSPS) is 22.6. The van der Waals surface area contributed by atoms with Crippen molar-refractivity contribution in [2.45, 2.75) is 25.0 Å². The third kappa shape index (κ3) is 4.83. The molecule has 0 spiro atoms. The number of hydrogen-bond acceptors (Lipinski definition) is 4. The Kier molecular flexibility index (Phi) is 7.00. The topological polar surface area (TPSA) is 70.6 Å². The first kappa shape index (κ1) is 21.8. The molecule has 3 unspecified atom stereocenters. The Bertz CT molecular complexity index is 897. The van der Waals surface area contributed by atoms with Gasteiger partial charge in [0.25, 0.3) is 5.91 Å². The van der Waals surface area contributed by atoms with Crippen LogP contribution in [0.4, 0.5) is 4.39 Å². The minimum Gasteiger partial charge on any atom is -0.393 e. The van der Waals surface area contributed by atoms with Crippen LogP contribution in [0.25, 0.3) is 0 Å². The van der Waals surface area contributed by atoms with E-state index in [1.54, 1.807) is 43.3 Å². The van der Waals surface area contributed by atoms with Gasteiger partial charge in [-0.25, -0.2) is 4.39 Å². The van der Waals surface area contributed by atoms with Gasteiger partial charge in [-0.15, -0.1) is 0 Å². The fourth-order valence-corrected chi connectivity index (χ4v) is 4.40. The average Bonchev–Trinajstić information content (AvgIpc) is 2.70. The van der Waals surface area contributed by atoms with Gasteiger partial charge in [0.1, 0.15) is 5.82 Å². The maximum absolute atomic E-state index is 14.9. The molecule has 2 aromatic rings. The van der Waals surface area contributed by atoms with E-state index in [0.717, 1.165) is 0 Å². The molecule has 1 aliphatic rings. The van der Waals surface area contributed by atoms with Crippen LogP contribution in [-0.2, 0) is 10.3 Å². The quantitative estimate of drug-likeness (QED) is 0.584. The number of carbonyl (C=O) groups excluding carboxylic acids is 1. The van der Waals surface area contributed by atoms with Crippen molar-refractivity contribution in [3.63, 3.8) is 0 Å². The van der Waals surface area contributed by atoms with E-state index >= 15 is 0 Å². The lowest BCUT2D eigenvalue weighted by Crippen LogP contribution is -2.61. The monoisotopic (exact) mass is 480 g/mol. The highest BCUT2D eigenvalue weighted by Crippen LogP contribution is 2.40. The summed E-state index contributed by atoms with van der Waals surface area (Å²) in [5, 5.41) is 16.2. The van der Waals surface area contributed by atoms with Crippen LogP contribution in [0, 0.1) is 11.7 Å². The summed E-state index contributed by atoms with van der Waals surface area (Å²) in [5.41, 5.74) is -0.374. The van der Waals surface area contributed by atoms with Crippen LogP contribution in [0.1, 0.15) is 29.3 Å². The molecule has 1 amide bonds. The highest BCUT2D eigenvalue weighted by atomic mass is 79.9. The molecule has 2 aromatic carbocycles. The lowest BCUT2D eigenvalue weighted by atomic mass is 9.73. The Balaban J connectivity index is 1.94. The molecule has 0 saturated carbocycles. The number of aliphatic hydroxyl groups excluding tert-OH is 1. The Hall–Kier alpha value is -1.87. The lowest BCUT2D eigenvalue weighted by Gasteiger charge is -2.46. The van der Waals surface area contributed by atoms with Crippen molar-refractivity contribution in [3.05, 3.63) is 69.9 Å². The SMILES string of the molecule is CC(O)C1CCOCC1(NC(=S)NC(=O)c1ccccc1)c1cc(Br)ccc1F. The van der Waals surface area contributed by atoms with E-state index in [0.29, 0.717) is 28.6 Å². The summed E-state index contributed by atoms with van der Waals surface area (Å²) in [4.78, 5) is 12.5. The Labute approximate surface area is 182 Å². The van der Waals surface area contributed by atoms with Crippen LogP contribution in [0.15, 0.2) is 53.0 Å². The summed E-state index contributed by atoms with van der Waals surface area (Å²) in [5.74, 6) is -1.21. The van der Waals surface area contributed by atoms with Gasteiger partial charge in [0.2, 0.25) is 0 Å². The van der Waals surface area contributed by atoms with Gasteiger partial charge < -0.3 is 15.2 Å². The molecule has 0 aromatic heterocycles. The average molecular weight is 481 g/mol. The van der Waals surface area contributed by atoms with Crippen molar-refractivity contribution in [2.75, 3.05) is 13.2 Å². The Morgan fingerprint density at radius 1 is 1.34 bits per heavy atom. The first-order valence-corrected chi connectivity index (χ1v) is 10.4. The Morgan fingerprint density at radius 2 is 2.07 bits per heavy atom. The Morgan fingerprint density at radius 3 is 2.76 bits per heavy atom. The summed E-state index contributed by atoms with van der Waals surface area (Å²) >= 11 is 8.76. The van der Waals surface area contributed by atoms with E-state index in [1.807, 2.05) is 6.07 Å². The van der Waals surface area contributed by atoms with E-state index in [2.05, 4.69) is 26.6 Å². The van der Waals surface area contributed by atoms with E-state index in [-0.39, 0.29) is 23.5 Å². The highest BCUT2D eigenvalue weighted by molar-refractivity contribution is 9.10. The van der Waals surface area contributed by atoms with Gasteiger partial charge in [-0.3, -0.25) is 10.1 Å². The molecule has 1 aliphatic heterocycles. The number of halogens is 2. The second-order valence-corrected chi connectivity index (χ2v) is 8.38. The molecule has 8 heteroatoms. The number of hydrogen-bond donors (Lipinski definition) is 3. The molecule has 3 rings (SSSR count). The van der Waals surface area contributed by atoms with Crippen LogP contribution < -0.4 is 10.6 Å². The van der Waals surface area contributed by atoms with Crippen molar-refractivity contribution >= 4 is 39.2 Å². The predicted octanol–water partition coefficient (Wildman–Crippen LogP) is 3.51. The van der Waals surface area contributed by atoms with E-state index in [9.17, 15) is 14.3 Å². The number of amides is 1. The fourth-order valence-electron chi connectivity index (χ4n) is 3.76. The molecular weight excluding hydrogens is 459 g/mol. The van der Waals surface area contributed by atoms with Gasteiger partial charge in [0.15, 0.2) is 5.11 Å². The number of aliphatic hydroxyl groups is 1. The van der Waals surface area contributed by atoms with Gasteiger partial charge in [-0.2, -0.15) is 0 Å². The summed E-state index contributed by atoms with van der Waals surface area (Å²) in [6.45, 7) is 2.20. The maximum Gasteiger partial charge on any atom is 0.257 e. The highest BCUT2D eigenvalue weighted by Gasteiger charge is 2.47. The molecular formula is C21H22BrFN2O3S. The zero-order valence-corrected chi connectivity index (χ0v) is 18.2. The van der Waals surface area contributed by atoms with Gasteiger partial charge in [0, 0.05) is 28.1 Å².